The van der Waals surface area contributed by atoms with Crippen molar-refractivity contribution >= 4 is 5.95 Å². The fourth-order valence-electron chi connectivity index (χ4n) is 1.47. The van der Waals surface area contributed by atoms with Gasteiger partial charge in [0.25, 0.3) is 0 Å². The summed E-state index contributed by atoms with van der Waals surface area (Å²) in [5.74, 6) is 0.561. The highest BCUT2D eigenvalue weighted by molar-refractivity contribution is 5.61. The zero-order valence-electron chi connectivity index (χ0n) is 9.54. The predicted molar refractivity (Wildman–Crippen MR) is 66.4 cm³/mol. The van der Waals surface area contributed by atoms with E-state index < -0.39 is 0 Å². The molecule has 0 aliphatic rings. The van der Waals surface area contributed by atoms with Crippen LogP contribution < -0.4 is 4.90 Å². The van der Waals surface area contributed by atoms with Crippen LogP contribution in [0.2, 0.25) is 0 Å². The van der Waals surface area contributed by atoms with Gasteiger partial charge >= 0.3 is 0 Å². The third-order valence-corrected chi connectivity index (χ3v) is 2.39. The SMILES string of the molecule is CN(CC#N)c1ncc(-c2ccccc2)cn1. The molecule has 1 heterocycles. The smallest absolute Gasteiger partial charge is 0.225 e. The second kappa shape index (κ2) is 5.08. The zero-order valence-corrected chi connectivity index (χ0v) is 9.54. The van der Waals surface area contributed by atoms with Crippen LogP contribution >= 0.6 is 0 Å². The first kappa shape index (κ1) is 11.1. The molecule has 2 rings (SSSR count). The van der Waals surface area contributed by atoms with Gasteiger partial charge in [-0.05, 0) is 5.56 Å². The van der Waals surface area contributed by atoms with E-state index in [0.29, 0.717) is 5.95 Å². The van der Waals surface area contributed by atoms with Gasteiger partial charge in [-0.1, -0.05) is 30.3 Å². The first-order chi connectivity index (χ1) is 8.31. The number of anilines is 1. The first-order valence-corrected chi connectivity index (χ1v) is 5.27. The largest absolute Gasteiger partial charge is 0.331 e. The number of nitrogens with zero attached hydrogens (tertiary/aromatic N) is 4. The lowest BCUT2D eigenvalue weighted by Gasteiger charge is -2.12. The summed E-state index contributed by atoms with van der Waals surface area (Å²) in [7, 11) is 1.79. The number of hydrogen-bond acceptors (Lipinski definition) is 4. The summed E-state index contributed by atoms with van der Waals surface area (Å²) >= 11 is 0. The van der Waals surface area contributed by atoms with Gasteiger partial charge in [0.05, 0.1) is 6.07 Å². The van der Waals surface area contributed by atoms with Crippen molar-refractivity contribution in [3.05, 3.63) is 42.7 Å². The van der Waals surface area contributed by atoms with Crippen molar-refractivity contribution in [2.24, 2.45) is 0 Å². The van der Waals surface area contributed by atoms with Gasteiger partial charge in [0.1, 0.15) is 6.54 Å². The van der Waals surface area contributed by atoms with E-state index in [1.54, 1.807) is 24.3 Å². The summed E-state index contributed by atoms with van der Waals surface area (Å²) in [6, 6.07) is 12.0. The third kappa shape index (κ3) is 2.58. The first-order valence-electron chi connectivity index (χ1n) is 5.27. The van der Waals surface area contributed by atoms with Crippen LogP contribution in [0.15, 0.2) is 42.7 Å². The zero-order chi connectivity index (χ0) is 12.1. The van der Waals surface area contributed by atoms with Crippen molar-refractivity contribution in [1.29, 1.82) is 5.26 Å². The maximum absolute atomic E-state index is 8.58. The Hall–Kier alpha value is -2.41. The Morgan fingerprint density at radius 3 is 2.35 bits per heavy atom. The highest BCUT2D eigenvalue weighted by atomic mass is 15.2. The molecule has 17 heavy (non-hydrogen) atoms. The van der Waals surface area contributed by atoms with Crippen LogP contribution in [0.3, 0.4) is 0 Å². The predicted octanol–water partition coefficient (Wildman–Crippen LogP) is 2.10. The molecule has 0 aliphatic carbocycles. The minimum atomic E-state index is 0.282. The summed E-state index contributed by atoms with van der Waals surface area (Å²) < 4.78 is 0. The lowest BCUT2D eigenvalue weighted by atomic mass is 10.1. The molecule has 1 aromatic carbocycles. The lowest BCUT2D eigenvalue weighted by molar-refractivity contribution is 0.947. The summed E-state index contributed by atoms with van der Waals surface area (Å²) in [4.78, 5) is 10.2. The van der Waals surface area contributed by atoms with Crippen molar-refractivity contribution in [2.75, 3.05) is 18.5 Å². The molecule has 0 amide bonds. The highest BCUT2D eigenvalue weighted by Crippen LogP contribution is 2.17. The van der Waals surface area contributed by atoms with Crippen molar-refractivity contribution in [2.45, 2.75) is 0 Å². The molecule has 0 N–H and O–H groups in total. The molecule has 4 heteroatoms. The Labute approximate surface area is 100 Å². The molecule has 0 fully saturated rings. The number of aromatic nitrogens is 2. The minimum Gasteiger partial charge on any atom is -0.331 e. The van der Waals surface area contributed by atoms with E-state index in [2.05, 4.69) is 16.0 Å². The van der Waals surface area contributed by atoms with Gasteiger partial charge in [0, 0.05) is 25.0 Å². The second-order valence-corrected chi connectivity index (χ2v) is 3.65. The van der Waals surface area contributed by atoms with Crippen LogP contribution in [0.25, 0.3) is 11.1 Å². The van der Waals surface area contributed by atoms with E-state index in [9.17, 15) is 0 Å². The number of benzene rings is 1. The molecular weight excluding hydrogens is 212 g/mol. The Kier molecular flexibility index (Phi) is 3.31. The van der Waals surface area contributed by atoms with E-state index in [0.717, 1.165) is 11.1 Å². The maximum Gasteiger partial charge on any atom is 0.225 e. The maximum atomic E-state index is 8.58. The molecular formula is C13H12N4. The molecule has 0 radical (unpaired) electrons. The molecule has 0 spiro atoms. The number of nitriles is 1. The monoisotopic (exact) mass is 224 g/mol. The summed E-state index contributed by atoms with van der Waals surface area (Å²) in [6.45, 7) is 0.282. The lowest BCUT2D eigenvalue weighted by Crippen LogP contribution is -2.19. The molecule has 4 nitrogen and oxygen atoms in total. The summed E-state index contributed by atoms with van der Waals surface area (Å²) in [5.41, 5.74) is 2.06. The van der Waals surface area contributed by atoms with Crippen molar-refractivity contribution in [3.8, 4) is 17.2 Å². The molecule has 0 bridgehead atoms. The van der Waals surface area contributed by atoms with E-state index in [1.807, 2.05) is 30.3 Å². The quantitative estimate of drug-likeness (QED) is 0.749. The van der Waals surface area contributed by atoms with E-state index in [1.165, 1.54) is 0 Å². The normalized spacial score (nSPS) is 9.65. The highest BCUT2D eigenvalue weighted by Gasteiger charge is 2.03. The number of hydrogen-bond donors (Lipinski definition) is 0. The van der Waals surface area contributed by atoms with E-state index in [4.69, 9.17) is 5.26 Å². The Morgan fingerprint density at radius 1 is 1.12 bits per heavy atom. The van der Waals surface area contributed by atoms with Gasteiger partial charge in [-0.25, -0.2) is 9.97 Å². The average Bonchev–Trinajstić information content (AvgIpc) is 2.40. The minimum absolute atomic E-state index is 0.282. The molecule has 0 unspecified atom stereocenters. The van der Waals surface area contributed by atoms with Crippen molar-refractivity contribution < 1.29 is 0 Å². The molecule has 2 aromatic rings. The third-order valence-electron chi connectivity index (χ3n) is 2.39. The molecule has 0 aliphatic heterocycles. The Bertz CT molecular complexity index is 513. The number of rotatable bonds is 3. The van der Waals surface area contributed by atoms with Crippen LogP contribution in [0.5, 0.6) is 0 Å². The van der Waals surface area contributed by atoms with Crippen LogP contribution in [0.4, 0.5) is 5.95 Å². The second-order valence-electron chi connectivity index (χ2n) is 3.65. The van der Waals surface area contributed by atoms with Gasteiger partial charge < -0.3 is 4.90 Å². The van der Waals surface area contributed by atoms with E-state index >= 15 is 0 Å². The summed E-state index contributed by atoms with van der Waals surface area (Å²) in [6.07, 6.45) is 3.54. The molecule has 84 valence electrons. The van der Waals surface area contributed by atoms with Crippen LogP contribution in [-0.2, 0) is 0 Å². The fraction of sp³-hybridized carbons (Fsp3) is 0.154. The van der Waals surface area contributed by atoms with Gasteiger partial charge in [-0.2, -0.15) is 5.26 Å². The topological polar surface area (TPSA) is 52.8 Å². The van der Waals surface area contributed by atoms with Gasteiger partial charge in [-0.15, -0.1) is 0 Å². The standard InChI is InChI=1S/C13H12N4/c1-17(8-7-14)13-15-9-12(10-16-13)11-5-3-2-4-6-11/h2-6,9-10H,8H2,1H3. The van der Waals surface area contributed by atoms with E-state index in [-0.39, 0.29) is 6.54 Å². The van der Waals surface area contributed by atoms with Crippen LogP contribution in [0, 0.1) is 11.3 Å². The molecule has 0 saturated heterocycles. The molecule has 1 aromatic heterocycles. The summed E-state index contributed by atoms with van der Waals surface area (Å²) in [5, 5.41) is 8.58. The molecule has 0 atom stereocenters. The Morgan fingerprint density at radius 2 is 1.76 bits per heavy atom. The average molecular weight is 224 g/mol. The van der Waals surface area contributed by atoms with Crippen LogP contribution in [0.1, 0.15) is 0 Å². The van der Waals surface area contributed by atoms with Crippen molar-refractivity contribution in [1.82, 2.24) is 9.97 Å². The van der Waals surface area contributed by atoms with Crippen molar-refractivity contribution in [3.63, 3.8) is 0 Å². The van der Waals surface area contributed by atoms with Gasteiger partial charge in [0.15, 0.2) is 0 Å². The van der Waals surface area contributed by atoms with Gasteiger partial charge in [0.2, 0.25) is 5.95 Å². The van der Waals surface area contributed by atoms with Gasteiger partial charge in [-0.3, -0.25) is 0 Å². The van der Waals surface area contributed by atoms with Crippen LogP contribution in [-0.4, -0.2) is 23.6 Å². The molecule has 0 saturated carbocycles. The fourth-order valence-corrected chi connectivity index (χ4v) is 1.47. The Balaban J connectivity index is 2.22.